The van der Waals surface area contributed by atoms with Gasteiger partial charge in [0.15, 0.2) is 0 Å². The third kappa shape index (κ3) is 4.49. The molecule has 0 bridgehead atoms. The molecule has 1 atom stereocenters. The maximum absolute atomic E-state index is 12.6. The molecular formula is C15H20N2O2S2. The maximum Gasteiger partial charge on any atom is 0.253 e. The zero-order chi connectivity index (χ0) is 16.0. The Labute approximate surface area is 132 Å². The lowest BCUT2D eigenvalue weighted by Crippen LogP contribution is -2.22. The van der Waals surface area contributed by atoms with E-state index in [1.54, 1.807) is 33.2 Å². The second-order valence-electron chi connectivity index (χ2n) is 4.39. The SMILES string of the molecule is C=C/C(=C\C(=C/C)S(=O)c1ccc(CN)s1)C(=O)N(C)C. The van der Waals surface area contributed by atoms with Crippen molar-refractivity contribution in [2.45, 2.75) is 17.7 Å². The molecular weight excluding hydrogens is 304 g/mol. The number of nitrogens with two attached hydrogens (primary N) is 1. The number of carbonyl (C=O) groups is 1. The number of allylic oxidation sites excluding steroid dienone is 2. The number of rotatable bonds is 6. The van der Waals surface area contributed by atoms with Crippen molar-refractivity contribution < 1.29 is 9.00 Å². The lowest BCUT2D eigenvalue weighted by molar-refractivity contribution is -0.124. The minimum Gasteiger partial charge on any atom is -0.345 e. The van der Waals surface area contributed by atoms with Crippen LogP contribution in [0.5, 0.6) is 0 Å². The van der Waals surface area contributed by atoms with Crippen LogP contribution >= 0.6 is 11.3 Å². The van der Waals surface area contributed by atoms with Gasteiger partial charge in [0.05, 0.1) is 15.0 Å². The van der Waals surface area contributed by atoms with E-state index in [0.717, 1.165) is 9.09 Å². The molecule has 6 heteroatoms. The van der Waals surface area contributed by atoms with Gasteiger partial charge in [0, 0.05) is 36.0 Å². The topological polar surface area (TPSA) is 63.4 Å². The van der Waals surface area contributed by atoms with Crippen molar-refractivity contribution in [1.82, 2.24) is 4.90 Å². The van der Waals surface area contributed by atoms with Gasteiger partial charge in [-0.25, -0.2) is 4.21 Å². The fraction of sp³-hybridized carbons (Fsp3) is 0.267. The Balaban J connectivity index is 3.10. The van der Waals surface area contributed by atoms with Crippen LogP contribution in [0.3, 0.4) is 0 Å². The van der Waals surface area contributed by atoms with Crippen molar-refractivity contribution >= 4 is 28.0 Å². The summed E-state index contributed by atoms with van der Waals surface area (Å²) in [6.45, 7) is 5.87. The van der Waals surface area contributed by atoms with Gasteiger partial charge in [-0.2, -0.15) is 0 Å². The Bertz CT molecular complexity index is 613. The van der Waals surface area contributed by atoms with E-state index in [1.807, 2.05) is 12.1 Å². The van der Waals surface area contributed by atoms with Crippen molar-refractivity contribution in [3.05, 3.63) is 52.3 Å². The van der Waals surface area contributed by atoms with Gasteiger partial charge in [-0.15, -0.1) is 11.3 Å². The Kier molecular flexibility index (Phi) is 6.74. The molecule has 4 nitrogen and oxygen atoms in total. The first-order valence-electron chi connectivity index (χ1n) is 6.37. The van der Waals surface area contributed by atoms with Gasteiger partial charge in [-0.3, -0.25) is 4.79 Å². The molecule has 1 heterocycles. The number of thiophene rings is 1. The summed E-state index contributed by atoms with van der Waals surface area (Å²) in [5, 5.41) is 0. The summed E-state index contributed by atoms with van der Waals surface area (Å²) >= 11 is 1.42. The number of nitrogens with zero attached hydrogens (tertiary/aromatic N) is 1. The van der Waals surface area contributed by atoms with Crippen LogP contribution in [0.1, 0.15) is 11.8 Å². The maximum atomic E-state index is 12.6. The standard InChI is InChI=1S/C15H20N2O2S2/c1-5-11(15(18)17(3)4)9-13(6-2)21(19)14-8-7-12(10-16)20-14/h5-9H,1,10,16H2,2-4H3/b11-9+,13-6+. The van der Waals surface area contributed by atoms with Gasteiger partial charge in [-0.05, 0) is 25.1 Å². The molecule has 0 aromatic carbocycles. The fourth-order valence-corrected chi connectivity index (χ4v) is 3.95. The van der Waals surface area contributed by atoms with Crippen LogP contribution in [0.2, 0.25) is 0 Å². The highest BCUT2D eigenvalue weighted by Crippen LogP contribution is 2.25. The number of amides is 1. The number of hydrogen-bond donors (Lipinski definition) is 1. The zero-order valence-corrected chi connectivity index (χ0v) is 14.1. The van der Waals surface area contributed by atoms with Crippen LogP contribution in [-0.4, -0.2) is 29.1 Å². The van der Waals surface area contributed by atoms with E-state index >= 15 is 0 Å². The van der Waals surface area contributed by atoms with Gasteiger partial charge in [0.25, 0.3) is 5.91 Å². The molecule has 21 heavy (non-hydrogen) atoms. The first-order valence-corrected chi connectivity index (χ1v) is 8.33. The van der Waals surface area contributed by atoms with Crippen LogP contribution in [0.25, 0.3) is 0 Å². The zero-order valence-electron chi connectivity index (χ0n) is 12.5. The Morgan fingerprint density at radius 1 is 1.48 bits per heavy atom. The lowest BCUT2D eigenvalue weighted by atomic mass is 10.2. The Hall–Kier alpha value is -1.50. The van der Waals surface area contributed by atoms with Crippen LogP contribution < -0.4 is 5.73 Å². The highest BCUT2D eigenvalue weighted by atomic mass is 32.2. The molecule has 0 aliphatic carbocycles. The van der Waals surface area contributed by atoms with Gasteiger partial charge in [0.1, 0.15) is 0 Å². The molecule has 0 aliphatic heterocycles. The summed E-state index contributed by atoms with van der Waals surface area (Å²) in [4.78, 5) is 15.0. The van der Waals surface area contributed by atoms with Gasteiger partial charge in [-0.1, -0.05) is 18.7 Å². The third-order valence-electron chi connectivity index (χ3n) is 2.69. The third-order valence-corrected chi connectivity index (χ3v) is 5.58. The Morgan fingerprint density at radius 3 is 2.57 bits per heavy atom. The molecule has 0 radical (unpaired) electrons. The summed E-state index contributed by atoms with van der Waals surface area (Å²) < 4.78 is 13.3. The predicted molar refractivity (Wildman–Crippen MR) is 89.3 cm³/mol. The molecule has 2 N–H and O–H groups in total. The molecule has 1 rings (SSSR count). The van der Waals surface area contributed by atoms with Crippen LogP contribution in [0, 0.1) is 0 Å². The minimum absolute atomic E-state index is 0.171. The molecule has 1 aromatic heterocycles. The van der Waals surface area contributed by atoms with E-state index in [0.29, 0.717) is 17.0 Å². The first kappa shape index (κ1) is 17.6. The van der Waals surface area contributed by atoms with E-state index in [9.17, 15) is 9.00 Å². The summed E-state index contributed by atoms with van der Waals surface area (Å²) in [6, 6.07) is 3.68. The number of carbonyl (C=O) groups excluding carboxylic acids is 1. The minimum atomic E-state index is -1.32. The van der Waals surface area contributed by atoms with E-state index in [-0.39, 0.29) is 5.91 Å². The largest absolute Gasteiger partial charge is 0.345 e. The quantitative estimate of drug-likeness (QED) is 0.645. The van der Waals surface area contributed by atoms with Crippen molar-refractivity contribution in [3.63, 3.8) is 0 Å². The van der Waals surface area contributed by atoms with E-state index < -0.39 is 10.8 Å². The number of likely N-dealkylation sites (N-methyl/N-ethyl adjacent to an activating group) is 1. The second-order valence-corrected chi connectivity index (χ2v) is 7.26. The predicted octanol–water partition coefficient (Wildman–Crippen LogP) is 2.42. The molecule has 1 aromatic rings. The van der Waals surface area contributed by atoms with Gasteiger partial charge < -0.3 is 10.6 Å². The second kappa shape index (κ2) is 8.07. The highest BCUT2D eigenvalue weighted by molar-refractivity contribution is 7.91. The average molecular weight is 324 g/mol. The van der Waals surface area contributed by atoms with Crippen LogP contribution in [0.15, 0.2) is 51.6 Å². The molecule has 1 amide bonds. The lowest BCUT2D eigenvalue weighted by Gasteiger charge is -2.11. The highest BCUT2D eigenvalue weighted by Gasteiger charge is 2.14. The van der Waals surface area contributed by atoms with Crippen molar-refractivity contribution in [2.24, 2.45) is 5.73 Å². The summed E-state index contributed by atoms with van der Waals surface area (Å²) in [5.41, 5.74) is 5.98. The molecule has 0 saturated heterocycles. The molecule has 0 saturated carbocycles. The summed E-state index contributed by atoms with van der Waals surface area (Å²) in [5.74, 6) is -0.171. The normalized spacial score (nSPS) is 13.9. The van der Waals surface area contributed by atoms with E-state index in [1.165, 1.54) is 22.3 Å². The molecule has 0 fully saturated rings. The summed E-state index contributed by atoms with van der Waals surface area (Å²) in [7, 11) is 2.01. The van der Waals surface area contributed by atoms with Crippen LogP contribution in [0.4, 0.5) is 0 Å². The number of hydrogen-bond acceptors (Lipinski definition) is 4. The van der Waals surface area contributed by atoms with Crippen LogP contribution in [-0.2, 0) is 22.1 Å². The van der Waals surface area contributed by atoms with Crippen molar-refractivity contribution in [2.75, 3.05) is 14.1 Å². The smallest absolute Gasteiger partial charge is 0.253 e. The van der Waals surface area contributed by atoms with Gasteiger partial charge >= 0.3 is 0 Å². The fourth-order valence-electron chi connectivity index (χ4n) is 1.55. The van der Waals surface area contributed by atoms with Crippen molar-refractivity contribution in [3.8, 4) is 0 Å². The van der Waals surface area contributed by atoms with E-state index in [2.05, 4.69) is 6.58 Å². The molecule has 0 spiro atoms. The average Bonchev–Trinajstić information content (AvgIpc) is 2.96. The molecule has 114 valence electrons. The summed E-state index contributed by atoms with van der Waals surface area (Å²) in [6.07, 6.45) is 4.83. The monoisotopic (exact) mass is 324 g/mol. The molecule has 1 unspecified atom stereocenters. The van der Waals surface area contributed by atoms with E-state index in [4.69, 9.17) is 5.73 Å². The molecule has 0 aliphatic rings. The van der Waals surface area contributed by atoms with Gasteiger partial charge in [0.2, 0.25) is 0 Å². The Morgan fingerprint density at radius 2 is 2.14 bits per heavy atom. The first-order chi connectivity index (χ1) is 9.94. The van der Waals surface area contributed by atoms with Crippen molar-refractivity contribution in [1.29, 1.82) is 0 Å².